The molecule has 2 N–H and O–H groups in total. The zero-order valence-electron chi connectivity index (χ0n) is 14.6. The second-order valence-electron chi connectivity index (χ2n) is 6.06. The van der Waals surface area contributed by atoms with E-state index in [2.05, 4.69) is 20.6 Å². The van der Waals surface area contributed by atoms with Gasteiger partial charge in [-0.1, -0.05) is 23.7 Å². The average molecular weight is 383 g/mol. The topological polar surface area (TPSA) is 68.3 Å². The van der Waals surface area contributed by atoms with Gasteiger partial charge >= 0.3 is 0 Å². The number of benzene rings is 2. The van der Waals surface area contributed by atoms with Crippen molar-refractivity contribution in [3.63, 3.8) is 0 Å². The van der Waals surface area contributed by atoms with Crippen LogP contribution in [0.25, 0.3) is 0 Å². The van der Waals surface area contributed by atoms with Crippen LogP contribution < -0.4 is 20.1 Å². The van der Waals surface area contributed by atoms with Crippen LogP contribution in [0.2, 0.25) is 5.02 Å². The highest BCUT2D eigenvalue weighted by Crippen LogP contribution is 2.33. The van der Waals surface area contributed by atoms with E-state index in [0.29, 0.717) is 31.5 Å². The van der Waals surface area contributed by atoms with Crippen molar-refractivity contribution in [3.05, 3.63) is 65.3 Å². The van der Waals surface area contributed by atoms with E-state index in [1.807, 2.05) is 48.5 Å². The molecule has 6 nitrogen and oxygen atoms in total. The highest BCUT2D eigenvalue weighted by Gasteiger charge is 2.12. The minimum atomic E-state index is 0.560. The molecule has 1 aliphatic heterocycles. The summed E-state index contributed by atoms with van der Waals surface area (Å²) in [4.78, 5) is 8.76. The number of fused-ring (bicyclic) bond motifs is 1. The Labute approximate surface area is 162 Å². The van der Waals surface area contributed by atoms with E-state index in [9.17, 15) is 0 Å². The van der Waals surface area contributed by atoms with Crippen LogP contribution in [-0.2, 0) is 6.42 Å². The molecule has 1 aromatic heterocycles. The molecule has 0 radical (unpaired) electrons. The first-order valence-electron chi connectivity index (χ1n) is 8.74. The van der Waals surface area contributed by atoms with Crippen molar-refractivity contribution in [2.75, 3.05) is 30.4 Å². The summed E-state index contributed by atoms with van der Waals surface area (Å²) in [5.74, 6) is 2.77. The van der Waals surface area contributed by atoms with Crippen molar-refractivity contribution in [1.82, 2.24) is 9.97 Å². The maximum Gasteiger partial charge on any atom is 0.224 e. The van der Waals surface area contributed by atoms with Crippen LogP contribution in [0.15, 0.2) is 54.7 Å². The van der Waals surface area contributed by atoms with E-state index in [0.717, 1.165) is 28.6 Å². The first kappa shape index (κ1) is 17.4. The molecular formula is C20H19ClN4O2. The molecule has 2 aromatic carbocycles. The van der Waals surface area contributed by atoms with Crippen LogP contribution in [0.3, 0.4) is 0 Å². The van der Waals surface area contributed by atoms with Gasteiger partial charge in [0, 0.05) is 29.5 Å². The SMILES string of the molecule is Clc1cccc(CCNc2nccc(Nc3ccc4c(c3)OCCO4)n2)c1. The van der Waals surface area contributed by atoms with Crippen LogP contribution in [0, 0.1) is 0 Å². The van der Waals surface area contributed by atoms with Crippen LogP contribution in [0.4, 0.5) is 17.5 Å². The molecule has 7 heteroatoms. The molecule has 0 spiro atoms. The lowest BCUT2D eigenvalue weighted by molar-refractivity contribution is 0.171. The molecule has 0 saturated carbocycles. The van der Waals surface area contributed by atoms with Crippen molar-refractivity contribution < 1.29 is 9.47 Å². The molecule has 0 unspecified atom stereocenters. The lowest BCUT2D eigenvalue weighted by Gasteiger charge is -2.19. The third-order valence-electron chi connectivity index (χ3n) is 4.06. The minimum Gasteiger partial charge on any atom is -0.486 e. The Balaban J connectivity index is 1.37. The summed E-state index contributed by atoms with van der Waals surface area (Å²) in [6.07, 6.45) is 2.55. The Bertz CT molecular complexity index is 935. The van der Waals surface area contributed by atoms with E-state index in [4.69, 9.17) is 21.1 Å². The van der Waals surface area contributed by atoms with Gasteiger partial charge in [0.1, 0.15) is 19.0 Å². The molecule has 1 aliphatic rings. The fourth-order valence-electron chi connectivity index (χ4n) is 2.79. The van der Waals surface area contributed by atoms with Gasteiger partial charge in [0.05, 0.1) is 0 Å². The molecule has 138 valence electrons. The van der Waals surface area contributed by atoms with E-state index in [-0.39, 0.29) is 0 Å². The minimum absolute atomic E-state index is 0.560. The zero-order chi connectivity index (χ0) is 18.5. The molecule has 0 aliphatic carbocycles. The van der Waals surface area contributed by atoms with Crippen LogP contribution in [0.1, 0.15) is 5.56 Å². The number of rotatable bonds is 6. The number of hydrogen-bond donors (Lipinski definition) is 2. The normalized spacial score (nSPS) is 12.5. The number of anilines is 3. The third kappa shape index (κ3) is 4.60. The van der Waals surface area contributed by atoms with Crippen molar-refractivity contribution in [3.8, 4) is 11.5 Å². The number of hydrogen-bond acceptors (Lipinski definition) is 6. The second-order valence-corrected chi connectivity index (χ2v) is 6.49. The summed E-state index contributed by atoms with van der Waals surface area (Å²) in [6, 6.07) is 15.4. The summed E-state index contributed by atoms with van der Waals surface area (Å²) in [7, 11) is 0. The predicted molar refractivity (Wildman–Crippen MR) is 106 cm³/mol. The monoisotopic (exact) mass is 382 g/mol. The Morgan fingerprint density at radius 1 is 1.00 bits per heavy atom. The van der Waals surface area contributed by atoms with Gasteiger partial charge < -0.3 is 20.1 Å². The lowest BCUT2D eigenvalue weighted by Crippen LogP contribution is -2.15. The molecule has 2 heterocycles. The van der Waals surface area contributed by atoms with E-state index >= 15 is 0 Å². The number of ether oxygens (including phenoxy) is 2. The molecular weight excluding hydrogens is 364 g/mol. The molecule has 0 atom stereocenters. The first-order chi connectivity index (χ1) is 13.3. The van der Waals surface area contributed by atoms with E-state index in [1.165, 1.54) is 5.56 Å². The number of halogens is 1. The highest BCUT2D eigenvalue weighted by atomic mass is 35.5. The summed E-state index contributed by atoms with van der Waals surface area (Å²) in [5.41, 5.74) is 2.04. The van der Waals surface area contributed by atoms with E-state index < -0.39 is 0 Å². The molecule has 3 aromatic rings. The summed E-state index contributed by atoms with van der Waals surface area (Å²) >= 11 is 6.01. The van der Waals surface area contributed by atoms with Gasteiger partial charge in [-0.3, -0.25) is 0 Å². The van der Waals surface area contributed by atoms with Gasteiger partial charge in [0.2, 0.25) is 5.95 Å². The molecule has 27 heavy (non-hydrogen) atoms. The third-order valence-corrected chi connectivity index (χ3v) is 4.29. The smallest absolute Gasteiger partial charge is 0.224 e. The summed E-state index contributed by atoms with van der Waals surface area (Å²) in [6.45, 7) is 1.86. The predicted octanol–water partition coefficient (Wildman–Crippen LogP) is 4.30. The zero-order valence-corrected chi connectivity index (χ0v) is 15.4. The van der Waals surface area contributed by atoms with Gasteiger partial charge in [0.25, 0.3) is 0 Å². The second kappa shape index (κ2) is 8.14. The lowest BCUT2D eigenvalue weighted by atomic mass is 10.1. The quantitative estimate of drug-likeness (QED) is 0.662. The van der Waals surface area contributed by atoms with Crippen molar-refractivity contribution >= 4 is 29.1 Å². The van der Waals surface area contributed by atoms with Gasteiger partial charge in [0.15, 0.2) is 11.5 Å². The summed E-state index contributed by atoms with van der Waals surface area (Å²) in [5, 5.41) is 7.25. The van der Waals surface area contributed by atoms with Crippen LogP contribution >= 0.6 is 11.6 Å². The van der Waals surface area contributed by atoms with Gasteiger partial charge in [-0.15, -0.1) is 0 Å². The number of nitrogens with zero attached hydrogens (tertiary/aromatic N) is 2. The fraction of sp³-hybridized carbons (Fsp3) is 0.200. The van der Waals surface area contributed by atoms with Crippen molar-refractivity contribution in [2.45, 2.75) is 6.42 Å². The average Bonchev–Trinajstić information content (AvgIpc) is 2.68. The maximum atomic E-state index is 6.01. The van der Waals surface area contributed by atoms with Crippen LogP contribution in [0.5, 0.6) is 11.5 Å². The molecule has 0 fully saturated rings. The Hall–Kier alpha value is -2.99. The van der Waals surface area contributed by atoms with E-state index in [1.54, 1.807) is 6.20 Å². The standard InChI is InChI=1S/C20H19ClN4O2/c21-15-3-1-2-14(12-15)6-8-22-20-23-9-7-19(25-20)24-16-4-5-17-18(13-16)27-11-10-26-17/h1-5,7,9,12-13H,6,8,10-11H2,(H2,22,23,24,25). The fourth-order valence-corrected chi connectivity index (χ4v) is 3.01. The van der Waals surface area contributed by atoms with Crippen LogP contribution in [-0.4, -0.2) is 29.7 Å². The first-order valence-corrected chi connectivity index (χ1v) is 9.12. The molecule has 0 bridgehead atoms. The Morgan fingerprint density at radius 2 is 1.89 bits per heavy atom. The van der Waals surface area contributed by atoms with Crippen molar-refractivity contribution in [1.29, 1.82) is 0 Å². The highest BCUT2D eigenvalue weighted by molar-refractivity contribution is 6.30. The number of nitrogens with one attached hydrogen (secondary N) is 2. The van der Waals surface area contributed by atoms with Gasteiger partial charge in [-0.05, 0) is 42.3 Å². The molecule has 0 amide bonds. The van der Waals surface area contributed by atoms with Crippen molar-refractivity contribution in [2.24, 2.45) is 0 Å². The largest absolute Gasteiger partial charge is 0.486 e. The molecule has 0 saturated heterocycles. The Morgan fingerprint density at radius 3 is 2.78 bits per heavy atom. The summed E-state index contributed by atoms with van der Waals surface area (Å²) < 4.78 is 11.1. The maximum absolute atomic E-state index is 6.01. The number of aromatic nitrogens is 2. The van der Waals surface area contributed by atoms with Gasteiger partial charge in [-0.25, -0.2) is 4.98 Å². The van der Waals surface area contributed by atoms with Gasteiger partial charge in [-0.2, -0.15) is 4.98 Å². The molecule has 4 rings (SSSR count). The Kier molecular flexibility index (Phi) is 5.25.